The maximum absolute atomic E-state index is 13.0. The summed E-state index contributed by atoms with van der Waals surface area (Å²) in [6.45, 7) is 0. The molecule has 0 saturated heterocycles. The average Bonchev–Trinajstić information content (AvgIpc) is 2.04. The first kappa shape index (κ1) is 10.1. The molecule has 6 heteroatoms. The van der Waals surface area contributed by atoms with Crippen molar-refractivity contribution >= 4 is 11.6 Å². The van der Waals surface area contributed by atoms with Crippen molar-refractivity contribution in [3.8, 4) is 5.75 Å². The van der Waals surface area contributed by atoms with Crippen LogP contribution in [0.3, 0.4) is 0 Å². The molecule has 0 saturated carbocycles. The number of methoxy groups -OCH3 is 1. The molecule has 0 bridgehead atoms. The average molecular weight is 212 g/mol. The van der Waals surface area contributed by atoms with Gasteiger partial charge in [-0.15, -0.1) is 0 Å². The molecule has 0 aliphatic rings. The zero-order chi connectivity index (χ0) is 10.0. The lowest BCUT2D eigenvalue weighted by Gasteiger charge is -2.06. The van der Waals surface area contributed by atoms with Crippen LogP contribution in [0.25, 0.3) is 0 Å². The molecule has 0 atom stereocenters. The lowest BCUT2D eigenvalue weighted by Crippen LogP contribution is -1.99. The summed E-state index contributed by atoms with van der Waals surface area (Å²) in [6.07, 6.45) is -2.06. The van der Waals surface area contributed by atoms with Gasteiger partial charge in [0.25, 0.3) is 6.43 Å². The zero-order valence-corrected chi connectivity index (χ0v) is 7.28. The number of nitrogens with zero attached hydrogens (tertiary/aromatic N) is 1. The molecular weight excluding hydrogens is 207 g/mol. The van der Waals surface area contributed by atoms with Crippen LogP contribution in [-0.2, 0) is 0 Å². The number of hydrogen-bond acceptors (Lipinski definition) is 2. The van der Waals surface area contributed by atoms with E-state index in [0.29, 0.717) is 0 Å². The van der Waals surface area contributed by atoms with Crippen molar-refractivity contribution < 1.29 is 17.9 Å². The SMILES string of the molecule is COc1c(Cl)cnc(C(F)F)c1F. The topological polar surface area (TPSA) is 22.1 Å². The van der Waals surface area contributed by atoms with Crippen LogP contribution in [0.2, 0.25) is 5.02 Å². The molecule has 0 aliphatic carbocycles. The van der Waals surface area contributed by atoms with Crippen LogP contribution >= 0.6 is 11.6 Å². The fourth-order valence-electron chi connectivity index (χ4n) is 0.802. The lowest BCUT2D eigenvalue weighted by atomic mass is 10.3. The second-order valence-electron chi connectivity index (χ2n) is 2.14. The molecule has 0 radical (unpaired) electrons. The summed E-state index contributed by atoms with van der Waals surface area (Å²) in [7, 11) is 1.14. The van der Waals surface area contributed by atoms with Crippen LogP contribution in [0.15, 0.2) is 6.20 Å². The molecule has 13 heavy (non-hydrogen) atoms. The summed E-state index contributed by atoms with van der Waals surface area (Å²) in [5, 5.41) is -0.135. The number of rotatable bonds is 2. The van der Waals surface area contributed by atoms with E-state index < -0.39 is 23.7 Å². The zero-order valence-electron chi connectivity index (χ0n) is 6.52. The summed E-state index contributed by atoms with van der Waals surface area (Å²) >= 11 is 5.43. The monoisotopic (exact) mass is 211 g/mol. The lowest BCUT2D eigenvalue weighted by molar-refractivity contribution is 0.139. The molecule has 0 N–H and O–H groups in total. The Labute approximate surface area is 77.3 Å². The third-order valence-corrected chi connectivity index (χ3v) is 1.64. The van der Waals surface area contributed by atoms with E-state index in [0.717, 1.165) is 13.3 Å². The Morgan fingerprint density at radius 2 is 2.15 bits per heavy atom. The fourth-order valence-corrected chi connectivity index (χ4v) is 1.01. The van der Waals surface area contributed by atoms with Crippen molar-refractivity contribution in [1.29, 1.82) is 0 Å². The Hall–Kier alpha value is -0.970. The molecular formula is C7H5ClF3NO. The molecule has 1 aromatic heterocycles. The number of ether oxygens (including phenoxy) is 1. The van der Waals surface area contributed by atoms with Crippen LogP contribution in [0, 0.1) is 5.82 Å². The van der Waals surface area contributed by atoms with Gasteiger partial charge in [0.15, 0.2) is 11.6 Å². The van der Waals surface area contributed by atoms with Gasteiger partial charge in [0, 0.05) is 0 Å². The van der Waals surface area contributed by atoms with Crippen molar-refractivity contribution in [2.75, 3.05) is 7.11 Å². The van der Waals surface area contributed by atoms with E-state index in [4.69, 9.17) is 11.6 Å². The molecule has 72 valence electrons. The molecule has 0 amide bonds. The van der Waals surface area contributed by atoms with Gasteiger partial charge in [-0.05, 0) is 0 Å². The van der Waals surface area contributed by atoms with E-state index in [1.54, 1.807) is 0 Å². The van der Waals surface area contributed by atoms with Crippen molar-refractivity contribution in [2.24, 2.45) is 0 Å². The van der Waals surface area contributed by atoms with E-state index in [1.165, 1.54) is 0 Å². The van der Waals surface area contributed by atoms with Crippen molar-refractivity contribution in [3.05, 3.63) is 22.7 Å². The number of alkyl halides is 2. The number of hydrogen-bond donors (Lipinski definition) is 0. The third kappa shape index (κ3) is 1.85. The molecule has 0 unspecified atom stereocenters. The molecule has 1 aromatic rings. The number of aromatic nitrogens is 1. The summed E-state index contributed by atoms with van der Waals surface area (Å²) in [4.78, 5) is 3.15. The third-order valence-electron chi connectivity index (χ3n) is 1.37. The molecule has 0 spiro atoms. The van der Waals surface area contributed by atoms with Gasteiger partial charge >= 0.3 is 0 Å². The van der Waals surface area contributed by atoms with Gasteiger partial charge < -0.3 is 4.74 Å². The summed E-state index contributed by atoms with van der Waals surface area (Å²) in [5.41, 5.74) is -0.957. The fraction of sp³-hybridized carbons (Fsp3) is 0.286. The minimum Gasteiger partial charge on any atom is -0.492 e. The highest BCUT2D eigenvalue weighted by atomic mass is 35.5. The first-order valence-corrected chi connectivity index (χ1v) is 3.61. The Bertz CT molecular complexity index is 319. The number of pyridine rings is 1. The summed E-state index contributed by atoms with van der Waals surface area (Å²) in [5.74, 6) is -1.63. The van der Waals surface area contributed by atoms with Gasteiger partial charge in [-0.25, -0.2) is 13.2 Å². The summed E-state index contributed by atoms with van der Waals surface area (Å²) in [6, 6.07) is 0. The van der Waals surface area contributed by atoms with Gasteiger partial charge in [0.1, 0.15) is 10.7 Å². The number of halogens is 4. The molecule has 1 heterocycles. The van der Waals surface area contributed by atoms with E-state index in [9.17, 15) is 13.2 Å². The van der Waals surface area contributed by atoms with E-state index in [-0.39, 0.29) is 5.02 Å². The quantitative estimate of drug-likeness (QED) is 0.751. The van der Waals surface area contributed by atoms with E-state index in [2.05, 4.69) is 9.72 Å². The molecule has 1 rings (SSSR count). The normalized spacial score (nSPS) is 10.6. The standard InChI is InChI=1S/C7H5ClF3NO/c1-13-6-3(8)2-12-5(4(6)9)7(10)11/h2,7H,1H3. The highest BCUT2D eigenvalue weighted by Crippen LogP contribution is 2.31. The second kappa shape index (κ2) is 3.83. The molecule has 0 aliphatic heterocycles. The van der Waals surface area contributed by atoms with Crippen LogP contribution < -0.4 is 4.74 Å². The minimum absolute atomic E-state index is 0.135. The van der Waals surface area contributed by atoms with E-state index in [1.807, 2.05) is 0 Å². The van der Waals surface area contributed by atoms with Gasteiger partial charge in [0.2, 0.25) is 0 Å². The van der Waals surface area contributed by atoms with Gasteiger partial charge in [-0.2, -0.15) is 0 Å². The predicted molar refractivity (Wildman–Crippen MR) is 40.7 cm³/mol. The predicted octanol–water partition coefficient (Wildman–Crippen LogP) is 2.82. The maximum Gasteiger partial charge on any atom is 0.283 e. The van der Waals surface area contributed by atoms with Crippen molar-refractivity contribution in [2.45, 2.75) is 6.43 Å². The Balaban J connectivity index is 3.27. The molecule has 2 nitrogen and oxygen atoms in total. The van der Waals surface area contributed by atoms with Crippen LogP contribution in [0.1, 0.15) is 12.1 Å². The first-order valence-electron chi connectivity index (χ1n) is 3.24. The highest BCUT2D eigenvalue weighted by molar-refractivity contribution is 6.31. The highest BCUT2D eigenvalue weighted by Gasteiger charge is 2.20. The van der Waals surface area contributed by atoms with Gasteiger partial charge in [-0.3, -0.25) is 4.98 Å². The smallest absolute Gasteiger partial charge is 0.283 e. The largest absolute Gasteiger partial charge is 0.492 e. The minimum atomic E-state index is -2.98. The Morgan fingerprint density at radius 3 is 2.62 bits per heavy atom. The molecule has 0 fully saturated rings. The van der Waals surface area contributed by atoms with Gasteiger partial charge in [-0.1, -0.05) is 11.6 Å². The second-order valence-corrected chi connectivity index (χ2v) is 2.55. The Morgan fingerprint density at radius 1 is 1.54 bits per heavy atom. The van der Waals surface area contributed by atoms with E-state index >= 15 is 0 Å². The van der Waals surface area contributed by atoms with Crippen molar-refractivity contribution in [3.63, 3.8) is 0 Å². The maximum atomic E-state index is 13.0. The molecule has 0 aromatic carbocycles. The van der Waals surface area contributed by atoms with Gasteiger partial charge in [0.05, 0.1) is 13.3 Å². The van der Waals surface area contributed by atoms with Crippen LogP contribution in [0.5, 0.6) is 5.75 Å². The van der Waals surface area contributed by atoms with Crippen molar-refractivity contribution in [1.82, 2.24) is 4.98 Å². The van der Waals surface area contributed by atoms with Crippen LogP contribution in [0.4, 0.5) is 13.2 Å². The summed E-state index contributed by atoms with van der Waals surface area (Å²) < 4.78 is 41.7. The van der Waals surface area contributed by atoms with Crippen LogP contribution in [-0.4, -0.2) is 12.1 Å². The Kier molecular flexibility index (Phi) is 2.98. The first-order chi connectivity index (χ1) is 6.07.